The summed E-state index contributed by atoms with van der Waals surface area (Å²) in [7, 11) is -4.18. The zero-order chi connectivity index (χ0) is 45.9. The number of aliphatic carboxylic acids is 1. The lowest BCUT2D eigenvalue weighted by Gasteiger charge is -2.51. The van der Waals surface area contributed by atoms with Gasteiger partial charge in [-0.3, -0.25) is 14.1 Å². The van der Waals surface area contributed by atoms with Gasteiger partial charge in [-0.05, 0) is 6.92 Å². The van der Waals surface area contributed by atoms with Crippen LogP contribution in [0.25, 0.3) is 0 Å². The van der Waals surface area contributed by atoms with Gasteiger partial charge in [-0.1, -0.05) is 0 Å². The number of hydrogen-bond acceptors (Lipinski definition) is 24. The van der Waals surface area contributed by atoms with Crippen LogP contribution in [0.4, 0.5) is 0 Å². The van der Waals surface area contributed by atoms with Gasteiger partial charge in [0.2, 0.25) is 11.8 Å². The second-order valence-corrected chi connectivity index (χ2v) is 15.9. The minimum atomic E-state index is -5.25. The molecule has 354 valence electrons. The summed E-state index contributed by atoms with van der Waals surface area (Å²) in [5.74, 6) is -6.85. The third-order valence-corrected chi connectivity index (χ3v) is 10.8. The molecular formula is C32H54N2O26S. The number of methoxy groups -OCH3 is 1. The van der Waals surface area contributed by atoms with Gasteiger partial charge in [-0.25, -0.2) is 8.98 Å². The van der Waals surface area contributed by atoms with Crippen LogP contribution in [-0.2, 0) is 66.9 Å². The maximum absolute atomic E-state index is 13.0. The summed E-state index contributed by atoms with van der Waals surface area (Å²) >= 11 is 0. The van der Waals surface area contributed by atoms with Gasteiger partial charge < -0.3 is 105 Å². The quantitative estimate of drug-likeness (QED) is 0.0603. The summed E-state index contributed by atoms with van der Waals surface area (Å²) < 4.78 is 83.0. The molecular weight excluding hydrogens is 860 g/mol. The molecule has 29 heteroatoms. The van der Waals surface area contributed by atoms with E-state index in [1.165, 1.54) is 6.92 Å². The Morgan fingerprint density at radius 3 is 1.90 bits per heavy atom. The van der Waals surface area contributed by atoms with Gasteiger partial charge >= 0.3 is 16.4 Å². The molecule has 4 aliphatic heterocycles. The first-order valence-corrected chi connectivity index (χ1v) is 20.0. The van der Waals surface area contributed by atoms with E-state index in [9.17, 15) is 83.5 Å². The number of hydrogen-bond donors (Lipinski definition) is 14. The van der Waals surface area contributed by atoms with Crippen molar-refractivity contribution >= 4 is 28.2 Å². The van der Waals surface area contributed by atoms with Crippen molar-refractivity contribution in [3.63, 3.8) is 0 Å². The van der Waals surface area contributed by atoms with E-state index in [-0.39, 0.29) is 0 Å². The smallest absolute Gasteiger partial charge is 0.397 e. The highest BCUT2D eigenvalue weighted by Crippen LogP contribution is 2.39. The van der Waals surface area contributed by atoms with E-state index in [0.29, 0.717) is 0 Å². The number of carboxylic acid groups (broad SMARTS) is 1. The molecule has 0 aliphatic carbocycles. The fourth-order valence-corrected chi connectivity index (χ4v) is 7.62. The zero-order valence-electron chi connectivity index (χ0n) is 32.9. The van der Waals surface area contributed by atoms with E-state index in [1.54, 1.807) is 0 Å². The molecule has 21 atom stereocenters. The minimum absolute atomic E-state index is 0.778. The molecule has 0 radical (unpaired) electrons. The third-order valence-electron chi connectivity index (χ3n) is 10.4. The summed E-state index contributed by atoms with van der Waals surface area (Å²) in [5, 5.41) is 122. The molecule has 4 rings (SSSR count). The average molecular weight is 915 g/mol. The number of aliphatic hydroxyl groups excluding tert-OH is 10. The highest BCUT2D eigenvalue weighted by atomic mass is 32.3. The Hall–Kier alpha value is -2.44. The lowest BCUT2D eigenvalue weighted by atomic mass is 9.88. The van der Waals surface area contributed by atoms with E-state index in [0.717, 1.165) is 21.0 Å². The van der Waals surface area contributed by atoms with Crippen LogP contribution < -0.4 is 10.6 Å². The highest BCUT2D eigenvalue weighted by Gasteiger charge is 2.61. The Kier molecular flexibility index (Phi) is 17.7. The second kappa shape index (κ2) is 21.0. The fraction of sp³-hybridized carbons (Fsp3) is 0.906. The molecule has 4 fully saturated rings. The van der Waals surface area contributed by atoms with Crippen molar-refractivity contribution in [3.05, 3.63) is 0 Å². The number of carbonyl (C=O) groups is 3. The second-order valence-electron chi connectivity index (χ2n) is 14.8. The van der Waals surface area contributed by atoms with E-state index in [1.807, 2.05) is 0 Å². The molecule has 0 aromatic heterocycles. The van der Waals surface area contributed by atoms with Crippen molar-refractivity contribution in [2.75, 3.05) is 26.9 Å². The Balaban J connectivity index is 1.78. The zero-order valence-corrected chi connectivity index (χ0v) is 33.7. The van der Waals surface area contributed by atoms with Crippen molar-refractivity contribution in [2.45, 2.75) is 155 Å². The average Bonchev–Trinajstić information content (AvgIpc) is 3.18. The van der Waals surface area contributed by atoms with E-state index >= 15 is 0 Å². The number of ether oxygens (including phenoxy) is 8. The molecule has 0 aromatic carbocycles. The minimum Gasteiger partial charge on any atom is -0.477 e. The van der Waals surface area contributed by atoms with E-state index < -0.39 is 183 Å². The summed E-state index contributed by atoms with van der Waals surface area (Å²) in [6.45, 7) is -0.0711. The van der Waals surface area contributed by atoms with Crippen molar-refractivity contribution < 1.29 is 126 Å². The van der Waals surface area contributed by atoms with Crippen LogP contribution in [0.1, 0.15) is 27.2 Å². The van der Waals surface area contributed by atoms with Crippen LogP contribution in [0.5, 0.6) is 0 Å². The Morgan fingerprint density at radius 2 is 1.36 bits per heavy atom. The predicted octanol–water partition coefficient (Wildman–Crippen LogP) is -8.75. The third kappa shape index (κ3) is 11.8. The van der Waals surface area contributed by atoms with Crippen molar-refractivity contribution in [3.8, 4) is 0 Å². The summed E-state index contributed by atoms with van der Waals surface area (Å²) in [5.41, 5.74) is 0. The number of rotatable bonds is 17. The van der Waals surface area contributed by atoms with Crippen LogP contribution in [0, 0.1) is 0 Å². The number of carbonyl (C=O) groups excluding carboxylic acids is 2. The summed E-state index contributed by atoms with van der Waals surface area (Å²) in [4.78, 5) is 37.4. The van der Waals surface area contributed by atoms with E-state index in [4.69, 9.17) is 37.9 Å². The largest absolute Gasteiger partial charge is 0.477 e. The Labute approximate surface area is 346 Å². The molecule has 0 bridgehead atoms. The lowest BCUT2D eigenvalue weighted by molar-refractivity contribution is -0.390. The topological polar surface area (TPSA) is 435 Å². The Morgan fingerprint density at radius 1 is 0.787 bits per heavy atom. The van der Waals surface area contributed by atoms with Gasteiger partial charge in [-0.15, -0.1) is 0 Å². The molecule has 4 heterocycles. The predicted molar refractivity (Wildman–Crippen MR) is 188 cm³/mol. The molecule has 0 aromatic rings. The van der Waals surface area contributed by atoms with Crippen molar-refractivity contribution in [2.24, 2.45) is 0 Å². The number of carboxylic acids is 1. The van der Waals surface area contributed by atoms with Gasteiger partial charge in [0, 0.05) is 27.4 Å². The maximum Gasteiger partial charge on any atom is 0.397 e. The monoisotopic (exact) mass is 914 g/mol. The van der Waals surface area contributed by atoms with Gasteiger partial charge in [0.1, 0.15) is 85.4 Å². The lowest BCUT2D eigenvalue weighted by Crippen LogP contribution is -2.71. The van der Waals surface area contributed by atoms with Crippen molar-refractivity contribution in [1.82, 2.24) is 10.6 Å². The molecule has 2 amide bonds. The highest BCUT2D eigenvalue weighted by molar-refractivity contribution is 7.80. The van der Waals surface area contributed by atoms with Crippen LogP contribution in [0.3, 0.4) is 0 Å². The molecule has 0 spiro atoms. The number of aliphatic hydroxyl groups is 10. The normalized spacial score (nSPS) is 43.2. The first-order chi connectivity index (χ1) is 28.4. The fourth-order valence-electron chi connectivity index (χ4n) is 7.32. The molecule has 0 saturated carbocycles. The van der Waals surface area contributed by atoms with Gasteiger partial charge in [0.15, 0.2) is 18.9 Å². The molecule has 4 aliphatic rings. The molecule has 4 saturated heterocycles. The van der Waals surface area contributed by atoms with Crippen LogP contribution in [0.2, 0.25) is 0 Å². The van der Waals surface area contributed by atoms with Crippen LogP contribution in [-0.4, -0.2) is 242 Å². The van der Waals surface area contributed by atoms with Crippen LogP contribution >= 0.6 is 0 Å². The molecule has 2 unspecified atom stereocenters. The first-order valence-electron chi connectivity index (χ1n) is 18.6. The summed E-state index contributed by atoms with van der Waals surface area (Å²) in [6, 6.07) is -3.20. The van der Waals surface area contributed by atoms with Gasteiger partial charge in [0.25, 0.3) is 5.79 Å². The molecule has 14 N–H and O–H groups in total. The van der Waals surface area contributed by atoms with Crippen LogP contribution in [0.15, 0.2) is 0 Å². The molecule has 28 nitrogen and oxygen atoms in total. The Bertz CT molecular complexity index is 1600. The standard InChI is InChI=1S/C32H54N2O26S/c1-9-18(41)21(44)22(45)29(54-9)58-26-17(34-11(3)38)28(52-4)56-15(8-53-61(49,50)51)24(26)57-30-23(46)27(20(43)14(7-36)55-30)60-32(31(47)48)5-12(39)16(33-10(2)37)25(59-32)19(42)13(40)6-35/h9,12-30,35-36,39-46H,5-8H2,1-4H3,(H,33,37)(H,34,38)(H,47,48)(H,49,50,51)/t9-,12-,13+,14+,15+,16?,17+,18+,19+,20-,21+,22-,23+,24+,25+,26+,27-,28?,29-,30-,32-/m0/s1. The van der Waals surface area contributed by atoms with Crippen molar-refractivity contribution in [1.29, 1.82) is 0 Å². The first kappa shape index (κ1) is 51.2. The maximum atomic E-state index is 13.0. The summed E-state index contributed by atoms with van der Waals surface area (Å²) in [6.07, 6.45) is -36.4. The number of nitrogens with one attached hydrogen (secondary N) is 2. The number of amides is 2. The van der Waals surface area contributed by atoms with E-state index in [2.05, 4.69) is 14.8 Å². The van der Waals surface area contributed by atoms with Gasteiger partial charge in [0.05, 0.1) is 38.1 Å². The van der Waals surface area contributed by atoms with Gasteiger partial charge in [-0.2, -0.15) is 8.42 Å². The SMILES string of the molecule is COC1O[C@H](COS(=O)(=O)O)[C@@H](O[C@@H]2O[C@H](CO)[C@H](O)[C@H](O[C@]3(C(=O)O)C[C@H](O)C(NC(C)=O)[C@H]([C@H](O)[C@H](O)CO)O3)[C@H]2O)[C@H](O[C@@H]2O[C@@H](C)[C@@H](O)[C@@H](O)[C@@H]2O)[C@H]1NC(C)=O. The molecule has 61 heavy (non-hydrogen) atoms.